The smallest absolute Gasteiger partial charge is 0.264 e. The number of nitrogens with one attached hydrogen (secondary N) is 1. The van der Waals surface area contributed by atoms with Gasteiger partial charge in [0.05, 0.1) is 10.6 Å². The van der Waals surface area contributed by atoms with Crippen molar-refractivity contribution in [2.75, 3.05) is 24.2 Å². The first-order valence-electron chi connectivity index (χ1n) is 7.43. The Morgan fingerprint density at radius 3 is 2.12 bits per heavy atom. The van der Waals surface area contributed by atoms with E-state index in [2.05, 4.69) is 5.32 Å². The van der Waals surface area contributed by atoms with Gasteiger partial charge in [-0.05, 0) is 61.7 Å². The first kappa shape index (κ1) is 18.4. The van der Waals surface area contributed by atoms with Gasteiger partial charge in [-0.25, -0.2) is 8.42 Å². The zero-order valence-electron chi connectivity index (χ0n) is 13.8. The molecule has 0 saturated carbocycles. The van der Waals surface area contributed by atoms with Crippen LogP contribution in [-0.4, -0.2) is 34.2 Å². The SMILES string of the molecule is CCN(c1ccc(C(=O)NC)cc1)S(=O)(=O)c1ccc(SC)cc1. The molecule has 0 radical (unpaired) electrons. The highest BCUT2D eigenvalue weighted by Gasteiger charge is 2.23. The number of anilines is 1. The van der Waals surface area contributed by atoms with Crippen LogP contribution in [0, 0.1) is 0 Å². The second-order valence-corrected chi connectivity index (χ2v) is 7.71. The van der Waals surface area contributed by atoms with E-state index in [0.29, 0.717) is 17.8 Å². The molecule has 0 aliphatic rings. The monoisotopic (exact) mass is 364 g/mol. The lowest BCUT2D eigenvalue weighted by molar-refractivity contribution is 0.0963. The number of carbonyl (C=O) groups is 1. The minimum absolute atomic E-state index is 0.208. The molecule has 2 aromatic carbocycles. The summed E-state index contributed by atoms with van der Waals surface area (Å²) in [6.07, 6.45) is 1.94. The average Bonchev–Trinajstić information content (AvgIpc) is 2.62. The molecule has 0 fully saturated rings. The number of nitrogens with zero attached hydrogens (tertiary/aromatic N) is 1. The van der Waals surface area contributed by atoms with Crippen LogP contribution in [0.4, 0.5) is 5.69 Å². The maximum absolute atomic E-state index is 12.9. The number of carbonyl (C=O) groups excluding carboxylic acids is 1. The summed E-state index contributed by atoms with van der Waals surface area (Å²) in [6, 6.07) is 13.3. The molecule has 5 nitrogen and oxygen atoms in total. The summed E-state index contributed by atoms with van der Waals surface area (Å²) in [5.41, 5.74) is 1.01. The number of hydrogen-bond donors (Lipinski definition) is 1. The molecule has 0 saturated heterocycles. The molecule has 1 amide bonds. The fourth-order valence-corrected chi connectivity index (χ4v) is 4.17. The molecule has 1 N–H and O–H groups in total. The van der Waals surface area contributed by atoms with E-state index < -0.39 is 10.0 Å². The molecule has 24 heavy (non-hydrogen) atoms. The Morgan fingerprint density at radius 1 is 1.08 bits per heavy atom. The van der Waals surface area contributed by atoms with Crippen LogP contribution in [0.3, 0.4) is 0 Å². The molecule has 0 aliphatic carbocycles. The molecule has 0 atom stereocenters. The van der Waals surface area contributed by atoms with Crippen molar-refractivity contribution in [3.63, 3.8) is 0 Å². The van der Waals surface area contributed by atoms with Crippen LogP contribution in [0.1, 0.15) is 17.3 Å². The number of thioether (sulfide) groups is 1. The minimum Gasteiger partial charge on any atom is -0.355 e. The van der Waals surface area contributed by atoms with Gasteiger partial charge in [-0.15, -0.1) is 11.8 Å². The molecule has 7 heteroatoms. The van der Waals surface area contributed by atoms with Gasteiger partial charge in [-0.2, -0.15) is 0 Å². The molecule has 0 bridgehead atoms. The van der Waals surface area contributed by atoms with Crippen molar-refractivity contribution in [3.05, 3.63) is 54.1 Å². The second kappa shape index (κ2) is 7.72. The van der Waals surface area contributed by atoms with Crippen LogP contribution >= 0.6 is 11.8 Å². The maximum Gasteiger partial charge on any atom is 0.264 e. The fourth-order valence-electron chi connectivity index (χ4n) is 2.29. The van der Waals surface area contributed by atoms with Crippen LogP contribution in [-0.2, 0) is 10.0 Å². The number of rotatable bonds is 6. The summed E-state index contributed by atoms with van der Waals surface area (Å²) >= 11 is 1.56. The summed E-state index contributed by atoms with van der Waals surface area (Å²) in [4.78, 5) is 12.9. The van der Waals surface area contributed by atoms with E-state index in [1.807, 2.05) is 6.26 Å². The van der Waals surface area contributed by atoms with E-state index >= 15 is 0 Å². The van der Waals surface area contributed by atoms with E-state index in [4.69, 9.17) is 0 Å². The first-order valence-corrected chi connectivity index (χ1v) is 10.1. The summed E-state index contributed by atoms with van der Waals surface area (Å²) in [7, 11) is -2.09. The van der Waals surface area contributed by atoms with Gasteiger partial charge in [0.25, 0.3) is 15.9 Å². The van der Waals surface area contributed by atoms with Crippen LogP contribution in [0.2, 0.25) is 0 Å². The zero-order chi connectivity index (χ0) is 17.7. The summed E-state index contributed by atoms with van der Waals surface area (Å²) < 4.78 is 27.1. The molecular formula is C17H20N2O3S2. The number of benzene rings is 2. The van der Waals surface area contributed by atoms with Crippen LogP contribution in [0.5, 0.6) is 0 Å². The summed E-state index contributed by atoms with van der Waals surface area (Å²) in [5.74, 6) is -0.208. The van der Waals surface area contributed by atoms with Crippen LogP contribution in [0.15, 0.2) is 58.3 Å². The van der Waals surface area contributed by atoms with Crippen LogP contribution < -0.4 is 9.62 Å². The van der Waals surface area contributed by atoms with Gasteiger partial charge in [-0.3, -0.25) is 9.10 Å². The molecule has 0 unspecified atom stereocenters. The van der Waals surface area contributed by atoms with Crippen molar-refractivity contribution < 1.29 is 13.2 Å². The van der Waals surface area contributed by atoms with Crippen molar-refractivity contribution in [2.45, 2.75) is 16.7 Å². The van der Waals surface area contributed by atoms with Gasteiger partial charge in [0.15, 0.2) is 0 Å². The van der Waals surface area contributed by atoms with E-state index in [1.165, 1.54) is 4.31 Å². The molecule has 0 aliphatic heterocycles. The van der Waals surface area contributed by atoms with Crippen molar-refractivity contribution >= 4 is 33.4 Å². The quantitative estimate of drug-likeness (QED) is 0.800. The Bertz CT molecular complexity index is 801. The molecule has 128 valence electrons. The topological polar surface area (TPSA) is 66.5 Å². The fraction of sp³-hybridized carbons (Fsp3) is 0.235. The highest BCUT2D eigenvalue weighted by atomic mass is 32.2. The Morgan fingerprint density at radius 2 is 1.67 bits per heavy atom. The predicted octanol–water partition coefficient (Wildman–Crippen LogP) is 2.98. The van der Waals surface area contributed by atoms with Crippen molar-refractivity contribution in [3.8, 4) is 0 Å². The minimum atomic E-state index is -3.64. The van der Waals surface area contributed by atoms with Gasteiger partial charge >= 0.3 is 0 Å². The maximum atomic E-state index is 12.9. The highest BCUT2D eigenvalue weighted by molar-refractivity contribution is 7.98. The number of sulfonamides is 1. The summed E-state index contributed by atoms with van der Waals surface area (Å²) in [5, 5.41) is 2.54. The standard InChI is InChI=1S/C17H20N2O3S2/c1-4-19(14-7-5-13(6-8-14)17(20)18-2)24(21,22)16-11-9-15(23-3)10-12-16/h5-12H,4H2,1-3H3,(H,18,20). The van der Waals surface area contributed by atoms with Crippen LogP contribution in [0.25, 0.3) is 0 Å². The summed E-state index contributed by atoms with van der Waals surface area (Å²) in [6.45, 7) is 2.08. The third-order valence-corrected chi connectivity index (χ3v) is 6.24. The Labute approximate surface area is 147 Å². The van der Waals surface area contributed by atoms with Gasteiger partial charge in [0, 0.05) is 24.1 Å². The third kappa shape index (κ3) is 3.73. The van der Waals surface area contributed by atoms with E-state index in [1.54, 1.807) is 74.3 Å². The average molecular weight is 364 g/mol. The second-order valence-electron chi connectivity index (χ2n) is 4.97. The van der Waals surface area contributed by atoms with Gasteiger partial charge in [-0.1, -0.05) is 0 Å². The molecule has 2 rings (SSSR count). The first-order chi connectivity index (χ1) is 11.4. The lowest BCUT2D eigenvalue weighted by atomic mass is 10.2. The van der Waals surface area contributed by atoms with E-state index in [0.717, 1.165) is 4.90 Å². The molecule has 0 heterocycles. The molecular weight excluding hydrogens is 344 g/mol. The lowest BCUT2D eigenvalue weighted by Crippen LogP contribution is -2.30. The third-order valence-electron chi connectivity index (χ3n) is 3.58. The molecule has 0 spiro atoms. The molecule has 0 aromatic heterocycles. The van der Waals surface area contributed by atoms with Gasteiger partial charge in [0.1, 0.15) is 0 Å². The normalized spacial score (nSPS) is 11.1. The highest BCUT2D eigenvalue weighted by Crippen LogP contribution is 2.25. The Kier molecular flexibility index (Phi) is 5.90. The Hall–Kier alpha value is -1.99. The molecule has 2 aromatic rings. The van der Waals surface area contributed by atoms with Crippen molar-refractivity contribution in [1.82, 2.24) is 5.32 Å². The van der Waals surface area contributed by atoms with Gasteiger partial charge < -0.3 is 5.32 Å². The zero-order valence-corrected chi connectivity index (χ0v) is 15.4. The largest absolute Gasteiger partial charge is 0.355 e. The number of hydrogen-bond acceptors (Lipinski definition) is 4. The van der Waals surface area contributed by atoms with E-state index in [-0.39, 0.29) is 10.8 Å². The van der Waals surface area contributed by atoms with Gasteiger partial charge in [0.2, 0.25) is 0 Å². The van der Waals surface area contributed by atoms with Crippen molar-refractivity contribution in [2.24, 2.45) is 0 Å². The van der Waals surface area contributed by atoms with Crippen molar-refractivity contribution in [1.29, 1.82) is 0 Å². The Balaban J connectivity index is 2.36. The van der Waals surface area contributed by atoms with E-state index in [9.17, 15) is 13.2 Å². The number of amides is 1. The predicted molar refractivity (Wildman–Crippen MR) is 98.3 cm³/mol. The lowest BCUT2D eigenvalue weighted by Gasteiger charge is -2.23.